The fraction of sp³-hybridized carbons (Fsp3) is 0.727. The van der Waals surface area contributed by atoms with E-state index in [1.165, 1.54) is 7.05 Å². The Balaban J connectivity index is 4.22. The Labute approximate surface area is 106 Å². The van der Waals surface area contributed by atoms with Crippen molar-refractivity contribution in [2.24, 2.45) is 17.6 Å². The zero-order valence-corrected chi connectivity index (χ0v) is 11.0. The van der Waals surface area contributed by atoms with E-state index in [-0.39, 0.29) is 19.0 Å². The second-order valence-corrected chi connectivity index (χ2v) is 4.67. The van der Waals surface area contributed by atoms with E-state index in [4.69, 9.17) is 10.8 Å². The van der Waals surface area contributed by atoms with Gasteiger partial charge in [-0.3, -0.25) is 9.59 Å². The average molecular weight is 259 g/mol. The Morgan fingerprint density at radius 3 is 2.28 bits per heavy atom. The molecule has 0 aliphatic rings. The van der Waals surface area contributed by atoms with E-state index in [0.29, 0.717) is 6.42 Å². The second-order valence-electron chi connectivity index (χ2n) is 4.67. The number of urea groups is 1. The summed E-state index contributed by atoms with van der Waals surface area (Å²) in [6, 6.07) is -0.510. The summed E-state index contributed by atoms with van der Waals surface area (Å²) < 4.78 is 0. The molecule has 0 rings (SSSR count). The molecule has 0 saturated carbocycles. The van der Waals surface area contributed by atoms with Crippen LogP contribution in [0.1, 0.15) is 20.3 Å². The maximum absolute atomic E-state index is 11.5. The number of aliphatic carboxylic acids is 1. The first kappa shape index (κ1) is 16.2. The number of hydrogen-bond donors (Lipinski definition) is 3. The SMILES string of the molecule is CC(C)CC(CNC(=O)N(C)CC(N)=O)C(=O)O. The summed E-state index contributed by atoms with van der Waals surface area (Å²) in [5.74, 6) is -1.96. The number of carboxylic acids is 1. The summed E-state index contributed by atoms with van der Waals surface area (Å²) in [6.07, 6.45) is 0.481. The Morgan fingerprint density at radius 1 is 1.33 bits per heavy atom. The van der Waals surface area contributed by atoms with Crippen molar-refractivity contribution in [3.05, 3.63) is 0 Å². The highest BCUT2D eigenvalue weighted by Gasteiger charge is 2.20. The molecule has 0 saturated heterocycles. The van der Waals surface area contributed by atoms with Gasteiger partial charge in [0.25, 0.3) is 0 Å². The predicted octanol–water partition coefficient (Wildman–Crippen LogP) is -0.140. The molecule has 0 aliphatic carbocycles. The number of nitrogens with zero attached hydrogens (tertiary/aromatic N) is 1. The molecule has 0 aromatic rings. The van der Waals surface area contributed by atoms with E-state index in [1.807, 2.05) is 13.8 Å². The van der Waals surface area contributed by atoms with Crippen LogP contribution in [-0.4, -0.2) is 48.1 Å². The van der Waals surface area contributed by atoms with E-state index in [1.54, 1.807) is 0 Å². The molecule has 0 aromatic heterocycles. The highest BCUT2D eigenvalue weighted by molar-refractivity contribution is 5.83. The minimum atomic E-state index is -0.943. The van der Waals surface area contributed by atoms with E-state index in [9.17, 15) is 14.4 Å². The van der Waals surface area contributed by atoms with Gasteiger partial charge in [-0.1, -0.05) is 13.8 Å². The molecule has 0 bridgehead atoms. The van der Waals surface area contributed by atoms with Crippen LogP contribution in [0.25, 0.3) is 0 Å². The summed E-state index contributed by atoms with van der Waals surface area (Å²) in [7, 11) is 1.41. The van der Waals surface area contributed by atoms with E-state index in [0.717, 1.165) is 4.90 Å². The van der Waals surface area contributed by atoms with Gasteiger partial charge in [0, 0.05) is 13.6 Å². The number of likely N-dealkylation sites (N-methyl/N-ethyl adjacent to an activating group) is 1. The molecule has 104 valence electrons. The van der Waals surface area contributed by atoms with Crippen molar-refractivity contribution in [3.63, 3.8) is 0 Å². The Kier molecular flexibility index (Phi) is 6.77. The second kappa shape index (κ2) is 7.52. The Morgan fingerprint density at radius 2 is 1.89 bits per heavy atom. The van der Waals surface area contributed by atoms with Crippen LogP contribution in [0.15, 0.2) is 0 Å². The van der Waals surface area contributed by atoms with Crippen molar-refractivity contribution < 1.29 is 19.5 Å². The maximum Gasteiger partial charge on any atom is 0.317 e. The van der Waals surface area contributed by atoms with Crippen LogP contribution in [0.2, 0.25) is 0 Å². The number of nitrogens with one attached hydrogen (secondary N) is 1. The number of carbonyl (C=O) groups is 3. The highest BCUT2D eigenvalue weighted by Crippen LogP contribution is 2.11. The van der Waals surface area contributed by atoms with Crippen LogP contribution in [0.5, 0.6) is 0 Å². The van der Waals surface area contributed by atoms with Gasteiger partial charge in [0.05, 0.1) is 5.92 Å². The first-order chi connectivity index (χ1) is 8.23. The lowest BCUT2D eigenvalue weighted by Gasteiger charge is -2.19. The standard InChI is InChI=1S/C11H21N3O4/c1-7(2)4-8(10(16)17)5-13-11(18)14(3)6-9(12)15/h7-8H,4-6H2,1-3H3,(H2,12,15)(H,13,18)(H,16,17). The molecule has 0 radical (unpaired) electrons. The van der Waals surface area contributed by atoms with Crippen molar-refractivity contribution in [2.75, 3.05) is 20.1 Å². The van der Waals surface area contributed by atoms with Gasteiger partial charge in [0.1, 0.15) is 6.54 Å². The normalized spacial score (nSPS) is 12.0. The highest BCUT2D eigenvalue weighted by atomic mass is 16.4. The Hall–Kier alpha value is -1.79. The summed E-state index contributed by atoms with van der Waals surface area (Å²) in [6.45, 7) is 3.66. The molecular weight excluding hydrogens is 238 g/mol. The number of rotatable bonds is 7. The van der Waals surface area contributed by atoms with Crippen molar-refractivity contribution >= 4 is 17.9 Å². The summed E-state index contributed by atoms with van der Waals surface area (Å²) in [5, 5.41) is 11.5. The van der Waals surface area contributed by atoms with E-state index < -0.39 is 23.8 Å². The Bertz CT molecular complexity index is 317. The zero-order valence-electron chi connectivity index (χ0n) is 11.0. The first-order valence-corrected chi connectivity index (χ1v) is 5.74. The molecule has 7 heteroatoms. The minimum Gasteiger partial charge on any atom is -0.481 e. The van der Waals surface area contributed by atoms with E-state index >= 15 is 0 Å². The molecule has 0 fully saturated rings. The van der Waals surface area contributed by atoms with Gasteiger partial charge in [0.15, 0.2) is 0 Å². The van der Waals surface area contributed by atoms with Gasteiger partial charge in [0.2, 0.25) is 5.91 Å². The van der Waals surface area contributed by atoms with Crippen molar-refractivity contribution in [1.29, 1.82) is 0 Å². The minimum absolute atomic E-state index is 0.0372. The topological polar surface area (TPSA) is 113 Å². The summed E-state index contributed by atoms with van der Waals surface area (Å²) in [4.78, 5) is 34.2. The van der Waals surface area contributed by atoms with Crippen molar-refractivity contribution in [2.45, 2.75) is 20.3 Å². The van der Waals surface area contributed by atoms with Crippen LogP contribution in [0.4, 0.5) is 4.79 Å². The molecule has 18 heavy (non-hydrogen) atoms. The fourth-order valence-electron chi connectivity index (χ4n) is 1.49. The number of carbonyl (C=O) groups excluding carboxylic acids is 2. The predicted molar refractivity (Wildman–Crippen MR) is 65.8 cm³/mol. The van der Waals surface area contributed by atoms with Crippen LogP contribution < -0.4 is 11.1 Å². The summed E-state index contributed by atoms with van der Waals surface area (Å²) in [5.41, 5.74) is 4.95. The van der Waals surface area contributed by atoms with Gasteiger partial charge in [-0.25, -0.2) is 4.79 Å². The molecule has 7 nitrogen and oxygen atoms in total. The third-order valence-electron chi connectivity index (χ3n) is 2.34. The third kappa shape index (κ3) is 6.72. The maximum atomic E-state index is 11.5. The van der Waals surface area contributed by atoms with Crippen LogP contribution in [-0.2, 0) is 9.59 Å². The lowest BCUT2D eigenvalue weighted by molar-refractivity contribution is -0.142. The number of carboxylic acid groups (broad SMARTS) is 1. The molecule has 4 N–H and O–H groups in total. The van der Waals surface area contributed by atoms with Crippen molar-refractivity contribution in [3.8, 4) is 0 Å². The molecule has 0 aliphatic heterocycles. The van der Waals surface area contributed by atoms with Gasteiger partial charge < -0.3 is 21.1 Å². The zero-order chi connectivity index (χ0) is 14.3. The largest absolute Gasteiger partial charge is 0.481 e. The molecule has 0 heterocycles. The number of nitrogens with two attached hydrogens (primary N) is 1. The molecule has 3 amide bonds. The van der Waals surface area contributed by atoms with Gasteiger partial charge in [-0.2, -0.15) is 0 Å². The van der Waals surface area contributed by atoms with Crippen molar-refractivity contribution in [1.82, 2.24) is 10.2 Å². The number of primary amides is 1. The number of amides is 3. The fourth-order valence-corrected chi connectivity index (χ4v) is 1.49. The average Bonchev–Trinajstić information content (AvgIpc) is 2.21. The van der Waals surface area contributed by atoms with Crippen LogP contribution in [0, 0.1) is 11.8 Å². The van der Waals surface area contributed by atoms with Gasteiger partial charge >= 0.3 is 12.0 Å². The van der Waals surface area contributed by atoms with Crippen LogP contribution >= 0.6 is 0 Å². The molecular formula is C11H21N3O4. The first-order valence-electron chi connectivity index (χ1n) is 5.74. The lowest BCUT2D eigenvalue weighted by atomic mass is 9.97. The van der Waals surface area contributed by atoms with E-state index in [2.05, 4.69) is 5.32 Å². The monoisotopic (exact) mass is 259 g/mol. The third-order valence-corrected chi connectivity index (χ3v) is 2.34. The number of hydrogen-bond acceptors (Lipinski definition) is 3. The molecule has 1 unspecified atom stereocenters. The smallest absolute Gasteiger partial charge is 0.317 e. The van der Waals surface area contributed by atoms with Crippen LogP contribution in [0.3, 0.4) is 0 Å². The van der Waals surface area contributed by atoms with Gasteiger partial charge in [-0.05, 0) is 12.3 Å². The molecule has 0 spiro atoms. The lowest BCUT2D eigenvalue weighted by Crippen LogP contribution is -2.44. The quantitative estimate of drug-likeness (QED) is 0.590. The summed E-state index contributed by atoms with van der Waals surface area (Å²) >= 11 is 0. The van der Waals surface area contributed by atoms with Gasteiger partial charge in [-0.15, -0.1) is 0 Å². The molecule has 1 atom stereocenters. The molecule has 0 aromatic carbocycles.